The van der Waals surface area contributed by atoms with E-state index in [1.54, 1.807) is 18.2 Å². The Morgan fingerprint density at radius 1 is 1.40 bits per heavy atom. The van der Waals surface area contributed by atoms with Gasteiger partial charge in [0.1, 0.15) is 5.82 Å². The number of ketones is 1. The lowest BCUT2D eigenvalue weighted by Crippen LogP contribution is -2.02. The van der Waals surface area contributed by atoms with Crippen LogP contribution in [0.2, 0.25) is 0 Å². The molecule has 0 saturated heterocycles. The number of hydrogen-bond donors (Lipinski definition) is 0. The lowest BCUT2D eigenvalue weighted by molar-refractivity contribution is 0.102. The van der Waals surface area contributed by atoms with Crippen molar-refractivity contribution in [3.63, 3.8) is 0 Å². The molecule has 0 amide bonds. The van der Waals surface area contributed by atoms with Crippen molar-refractivity contribution >= 4 is 29.1 Å². The Bertz CT molecular complexity index is 642. The fourth-order valence-electron chi connectivity index (χ4n) is 1.72. The van der Waals surface area contributed by atoms with Gasteiger partial charge in [-0.3, -0.25) is 4.79 Å². The second kappa shape index (κ2) is 5.80. The number of aromatic nitrogens is 2. The summed E-state index contributed by atoms with van der Waals surface area (Å²) >= 11 is 2.75. The summed E-state index contributed by atoms with van der Waals surface area (Å²) in [7, 11) is 0. The van der Waals surface area contributed by atoms with Crippen molar-refractivity contribution in [2.45, 2.75) is 17.7 Å². The predicted molar refractivity (Wildman–Crippen MR) is 76.9 cm³/mol. The minimum Gasteiger partial charge on any atom is -0.454 e. The van der Waals surface area contributed by atoms with Crippen LogP contribution in [0.1, 0.15) is 23.1 Å². The van der Waals surface area contributed by atoms with Crippen LogP contribution >= 0.6 is 23.3 Å². The Kier molecular flexibility index (Phi) is 3.88. The Hall–Kier alpha value is -1.60. The maximum absolute atomic E-state index is 12.1. The molecule has 1 aromatic carbocycles. The Labute approximate surface area is 124 Å². The molecule has 0 bridgehead atoms. The zero-order valence-corrected chi connectivity index (χ0v) is 12.4. The van der Waals surface area contributed by atoms with E-state index in [9.17, 15) is 4.79 Å². The Morgan fingerprint density at radius 2 is 2.25 bits per heavy atom. The van der Waals surface area contributed by atoms with Gasteiger partial charge >= 0.3 is 0 Å². The minimum atomic E-state index is 0.0431. The maximum Gasteiger partial charge on any atom is 0.231 e. The first kappa shape index (κ1) is 13.4. The van der Waals surface area contributed by atoms with Crippen molar-refractivity contribution in [3.05, 3.63) is 29.6 Å². The van der Waals surface area contributed by atoms with Crippen molar-refractivity contribution < 1.29 is 14.3 Å². The summed E-state index contributed by atoms with van der Waals surface area (Å²) in [6.07, 6.45) is 0.813. The SMILES string of the molecule is CCc1nsc(SCC(=O)c2ccc3c(c2)OCO3)n1. The molecule has 2 aromatic rings. The lowest BCUT2D eigenvalue weighted by Gasteiger charge is -2.01. The van der Waals surface area contributed by atoms with Crippen molar-refractivity contribution in [1.29, 1.82) is 0 Å². The van der Waals surface area contributed by atoms with Crippen LogP contribution in [0.3, 0.4) is 0 Å². The molecular weight excluding hydrogens is 296 g/mol. The molecule has 20 heavy (non-hydrogen) atoms. The van der Waals surface area contributed by atoms with Gasteiger partial charge in [-0.15, -0.1) is 0 Å². The number of benzene rings is 1. The van der Waals surface area contributed by atoms with E-state index >= 15 is 0 Å². The highest BCUT2D eigenvalue weighted by Crippen LogP contribution is 2.33. The zero-order valence-electron chi connectivity index (χ0n) is 10.8. The van der Waals surface area contributed by atoms with Crippen LogP contribution in [0.15, 0.2) is 22.5 Å². The van der Waals surface area contributed by atoms with Crippen molar-refractivity contribution in [2.75, 3.05) is 12.5 Å². The molecule has 0 saturated carbocycles. The van der Waals surface area contributed by atoms with Crippen LogP contribution in [-0.4, -0.2) is 27.7 Å². The molecule has 5 nitrogen and oxygen atoms in total. The summed E-state index contributed by atoms with van der Waals surface area (Å²) in [6, 6.07) is 5.25. The average molecular weight is 308 g/mol. The number of hydrogen-bond acceptors (Lipinski definition) is 7. The summed E-state index contributed by atoms with van der Waals surface area (Å²) < 4.78 is 15.5. The van der Waals surface area contributed by atoms with Gasteiger partial charge in [-0.2, -0.15) is 4.37 Å². The van der Waals surface area contributed by atoms with E-state index in [1.165, 1.54) is 23.3 Å². The molecule has 0 radical (unpaired) electrons. The third kappa shape index (κ3) is 2.78. The van der Waals surface area contributed by atoms with E-state index in [0.29, 0.717) is 22.8 Å². The number of nitrogens with zero attached hydrogens (tertiary/aromatic N) is 2. The third-order valence-electron chi connectivity index (χ3n) is 2.79. The molecular formula is C13H12N2O3S2. The van der Waals surface area contributed by atoms with E-state index in [4.69, 9.17) is 9.47 Å². The van der Waals surface area contributed by atoms with Crippen molar-refractivity contribution in [2.24, 2.45) is 0 Å². The lowest BCUT2D eigenvalue weighted by atomic mass is 10.1. The molecule has 0 N–H and O–H groups in total. The van der Waals surface area contributed by atoms with Gasteiger partial charge in [-0.25, -0.2) is 4.98 Å². The van der Waals surface area contributed by atoms with Crippen molar-refractivity contribution in [3.8, 4) is 11.5 Å². The molecule has 1 aromatic heterocycles. The quantitative estimate of drug-likeness (QED) is 0.625. The number of fused-ring (bicyclic) bond motifs is 1. The van der Waals surface area contributed by atoms with Crippen LogP contribution in [0.25, 0.3) is 0 Å². The van der Waals surface area contributed by atoms with Gasteiger partial charge in [0.05, 0.1) is 5.75 Å². The number of carbonyl (C=O) groups excluding carboxylic acids is 1. The molecule has 7 heteroatoms. The van der Waals surface area contributed by atoms with Crippen LogP contribution < -0.4 is 9.47 Å². The minimum absolute atomic E-state index is 0.0431. The number of ether oxygens (including phenoxy) is 2. The number of thioether (sulfide) groups is 1. The summed E-state index contributed by atoms with van der Waals surface area (Å²) in [5.74, 6) is 2.53. The molecule has 0 aliphatic carbocycles. The number of rotatable bonds is 5. The molecule has 104 valence electrons. The van der Waals surface area contributed by atoms with Gasteiger partial charge in [-0.1, -0.05) is 18.7 Å². The average Bonchev–Trinajstić information content (AvgIpc) is 3.12. The fraction of sp³-hybridized carbons (Fsp3) is 0.308. The second-order valence-corrected chi connectivity index (χ2v) is 6.08. The molecule has 0 atom stereocenters. The first-order valence-electron chi connectivity index (χ1n) is 6.14. The van der Waals surface area contributed by atoms with Gasteiger partial charge in [0.25, 0.3) is 0 Å². The highest BCUT2D eigenvalue weighted by atomic mass is 32.2. The first-order valence-corrected chi connectivity index (χ1v) is 7.90. The van der Waals surface area contributed by atoms with Crippen LogP contribution in [-0.2, 0) is 6.42 Å². The van der Waals surface area contributed by atoms with E-state index < -0.39 is 0 Å². The summed E-state index contributed by atoms with van der Waals surface area (Å²) in [5, 5.41) is 0. The van der Waals surface area contributed by atoms with Crippen LogP contribution in [0.5, 0.6) is 11.5 Å². The third-order valence-corrected chi connectivity index (χ3v) is 4.66. The standard InChI is InChI=1S/C13H12N2O3S2/c1-2-12-14-13(20-15-12)19-6-9(16)8-3-4-10-11(5-8)18-7-17-10/h3-5H,2,6-7H2,1H3. The molecule has 0 fully saturated rings. The van der Waals surface area contributed by atoms with E-state index in [2.05, 4.69) is 9.36 Å². The van der Waals surface area contributed by atoms with Crippen LogP contribution in [0.4, 0.5) is 0 Å². The molecule has 0 unspecified atom stereocenters. The van der Waals surface area contributed by atoms with Crippen molar-refractivity contribution in [1.82, 2.24) is 9.36 Å². The predicted octanol–water partition coefficient (Wildman–Crippen LogP) is 2.80. The Balaban J connectivity index is 1.64. The summed E-state index contributed by atoms with van der Waals surface area (Å²) in [5.41, 5.74) is 0.627. The van der Waals surface area contributed by atoms with E-state index in [0.717, 1.165) is 16.6 Å². The smallest absolute Gasteiger partial charge is 0.231 e. The molecule has 2 heterocycles. The Morgan fingerprint density at radius 3 is 3.05 bits per heavy atom. The topological polar surface area (TPSA) is 61.3 Å². The summed E-state index contributed by atoms with van der Waals surface area (Å²) in [4.78, 5) is 16.5. The zero-order chi connectivity index (χ0) is 13.9. The van der Waals surface area contributed by atoms with Crippen LogP contribution in [0, 0.1) is 0 Å². The van der Waals surface area contributed by atoms with Gasteiger partial charge in [0, 0.05) is 12.0 Å². The molecule has 0 spiro atoms. The highest BCUT2D eigenvalue weighted by Gasteiger charge is 2.16. The first-order chi connectivity index (χ1) is 9.76. The maximum atomic E-state index is 12.1. The number of carbonyl (C=O) groups is 1. The molecule has 1 aliphatic rings. The second-order valence-electron chi connectivity index (χ2n) is 4.11. The van der Waals surface area contributed by atoms with E-state index in [-0.39, 0.29) is 12.6 Å². The van der Waals surface area contributed by atoms with E-state index in [1.807, 2.05) is 6.92 Å². The largest absolute Gasteiger partial charge is 0.454 e. The molecule has 1 aliphatic heterocycles. The number of aryl methyl sites for hydroxylation is 1. The monoisotopic (exact) mass is 308 g/mol. The molecule has 3 rings (SSSR count). The highest BCUT2D eigenvalue weighted by molar-refractivity contribution is 8.01. The van der Waals surface area contributed by atoms with Gasteiger partial charge in [-0.05, 0) is 29.7 Å². The van der Waals surface area contributed by atoms with Gasteiger partial charge in [0.2, 0.25) is 6.79 Å². The fourth-order valence-corrected chi connectivity index (χ4v) is 3.31. The van der Waals surface area contributed by atoms with Gasteiger partial charge in [0.15, 0.2) is 21.6 Å². The number of Topliss-reactive ketones (excluding diaryl/α,β-unsaturated/α-hetero) is 1. The normalized spacial score (nSPS) is 12.7. The summed E-state index contributed by atoms with van der Waals surface area (Å²) in [6.45, 7) is 2.22. The van der Waals surface area contributed by atoms with Gasteiger partial charge < -0.3 is 9.47 Å².